The van der Waals surface area contributed by atoms with E-state index in [0.29, 0.717) is 16.7 Å². The van der Waals surface area contributed by atoms with Crippen molar-refractivity contribution in [2.75, 3.05) is 0 Å². The van der Waals surface area contributed by atoms with Crippen LogP contribution in [-0.2, 0) is 0 Å². The average molecular weight is 368 g/mol. The molecule has 130 valence electrons. The number of fused-ring (bicyclic) bond motifs is 1. The van der Waals surface area contributed by atoms with Gasteiger partial charge >= 0.3 is 0 Å². The van der Waals surface area contributed by atoms with Crippen molar-refractivity contribution in [3.05, 3.63) is 70.5 Å². The molecule has 1 N–H and O–H groups in total. The molecule has 26 heavy (non-hydrogen) atoms. The van der Waals surface area contributed by atoms with Gasteiger partial charge in [-0.25, -0.2) is 9.37 Å². The number of nitrogens with one attached hydrogen (secondary N) is 1. The topological polar surface area (TPSA) is 84.7 Å². The van der Waals surface area contributed by atoms with Crippen molar-refractivity contribution >= 4 is 22.7 Å². The zero-order chi connectivity index (χ0) is 18.1. The largest absolute Gasteiger partial charge is 0.411 e. The quantitative estimate of drug-likeness (QED) is 0.549. The van der Waals surface area contributed by atoms with Gasteiger partial charge in [0, 0.05) is 0 Å². The van der Waals surface area contributed by atoms with Crippen molar-refractivity contribution in [1.82, 2.24) is 20.2 Å². The molecule has 0 fully saturated rings. The van der Waals surface area contributed by atoms with E-state index >= 15 is 0 Å². The lowest BCUT2D eigenvalue weighted by Gasteiger charge is -2.08. The van der Waals surface area contributed by atoms with Crippen molar-refractivity contribution in [1.29, 1.82) is 0 Å². The highest BCUT2D eigenvalue weighted by Crippen LogP contribution is 2.34. The minimum Gasteiger partial charge on any atom is -0.411 e. The molecule has 0 spiro atoms. The van der Waals surface area contributed by atoms with Crippen LogP contribution in [0.2, 0.25) is 0 Å². The molecule has 2 aromatic heterocycles. The second-order valence-corrected chi connectivity index (χ2v) is 6.87. The minimum absolute atomic E-state index is 0.109. The summed E-state index contributed by atoms with van der Waals surface area (Å²) in [7, 11) is 0. The number of rotatable bonds is 4. The normalized spacial score (nSPS) is 12.4. The van der Waals surface area contributed by atoms with Crippen molar-refractivity contribution in [3.63, 3.8) is 0 Å². The van der Waals surface area contributed by atoms with E-state index in [9.17, 15) is 9.18 Å². The Morgan fingerprint density at radius 3 is 2.73 bits per heavy atom. The highest BCUT2D eigenvalue weighted by molar-refractivity contribution is 7.99. The first kappa shape index (κ1) is 16.5. The number of para-hydroxylation sites is 1. The fourth-order valence-electron chi connectivity index (χ4n) is 2.50. The van der Waals surface area contributed by atoms with Crippen LogP contribution in [0.15, 0.2) is 63.0 Å². The van der Waals surface area contributed by atoms with Gasteiger partial charge < -0.3 is 9.40 Å². The molecule has 6 nitrogen and oxygen atoms in total. The van der Waals surface area contributed by atoms with Crippen molar-refractivity contribution in [3.8, 4) is 11.5 Å². The molecule has 0 aliphatic rings. The smallest absolute Gasteiger partial charge is 0.277 e. The Morgan fingerprint density at radius 1 is 1.12 bits per heavy atom. The van der Waals surface area contributed by atoms with E-state index in [0.717, 1.165) is 0 Å². The first-order chi connectivity index (χ1) is 12.6. The van der Waals surface area contributed by atoms with E-state index in [1.165, 1.54) is 17.8 Å². The first-order valence-electron chi connectivity index (χ1n) is 7.86. The van der Waals surface area contributed by atoms with Gasteiger partial charge in [0.1, 0.15) is 11.6 Å². The van der Waals surface area contributed by atoms with E-state index in [2.05, 4.69) is 20.2 Å². The highest BCUT2D eigenvalue weighted by atomic mass is 32.2. The molecule has 0 radical (unpaired) electrons. The number of aromatic amines is 1. The fourth-order valence-corrected chi connectivity index (χ4v) is 3.25. The summed E-state index contributed by atoms with van der Waals surface area (Å²) in [5.41, 5.74) is 0.670. The number of nitrogens with zero attached hydrogens (tertiary/aromatic N) is 3. The van der Waals surface area contributed by atoms with Crippen molar-refractivity contribution in [2.24, 2.45) is 0 Å². The second kappa shape index (κ2) is 6.72. The van der Waals surface area contributed by atoms with Gasteiger partial charge in [-0.3, -0.25) is 4.79 Å². The van der Waals surface area contributed by atoms with Crippen LogP contribution in [0.1, 0.15) is 18.0 Å². The summed E-state index contributed by atoms with van der Waals surface area (Å²) in [6, 6.07) is 13.3. The Balaban J connectivity index is 1.60. The Morgan fingerprint density at radius 2 is 1.88 bits per heavy atom. The molecule has 0 aliphatic heterocycles. The Kier molecular flexibility index (Phi) is 4.26. The predicted octanol–water partition coefficient (Wildman–Crippen LogP) is 3.97. The van der Waals surface area contributed by atoms with E-state index < -0.39 is 5.82 Å². The molecular formula is C18H13FN4O2S. The summed E-state index contributed by atoms with van der Waals surface area (Å²) in [5, 5.41) is 8.41. The van der Waals surface area contributed by atoms with Crippen LogP contribution in [0.25, 0.3) is 22.4 Å². The Labute approximate surface area is 151 Å². The van der Waals surface area contributed by atoms with Crippen LogP contribution >= 0.6 is 11.8 Å². The monoisotopic (exact) mass is 368 g/mol. The van der Waals surface area contributed by atoms with Gasteiger partial charge in [-0.2, -0.15) is 0 Å². The van der Waals surface area contributed by atoms with E-state index in [-0.39, 0.29) is 27.5 Å². The van der Waals surface area contributed by atoms with Crippen LogP contribution in [0.5, 0.6) is 0 Å². The van der Waals surface area contributed by atoms with Gasteiger partial charge in [-0.15, -0.1) is 10.2 Å². The summed E-state index contributed by atoms with van der Waals surface area (Å²) < 4.78 is 19.4. The van der Waals surface area contributed by atoms with Gasteiger partial charge in [-0.1, -0.05) is 36.0 Å². The van der Waals surface area contributed by atoms with E-state index in [4.69, 9.17) is 4.42 Å². The SMILES string of the molecule is C[C@@H](Sc1nnc(-c2ccccc2F)o1)c1nc2ccccc2c(=O)[nH]1. The maximum Gasteiger partial charge on any atom is 0.277 e. The van der Waals surface area contributed by atoms with Gasteiger partial charge in [0.05, 0.1) is 21.7 Å². The number of benzene rings is 2. The number of hydrogen-bond donors (Lipinski definition) is 1. The molecule has 0 saturated carbocycles. The number of thioether (sulfide) groups is 1. The van der Waals surface area contributed by atoms with Crippen LogP contribution in [0, 0.1) is 5.82 Å². The van der Waals surface area contributed by atoms with Crippen LogP contribution in [-0.4, -0.2) is 20.2 Å². The zero-order valence-corrected chi connectivity index (χ0v) is 14.5. The Hall–Kier alpha value is -3.00. The first-order valence-corrected chi connectivity index (χ1v) is 8.74. The number of H-pyrrole nitrogens is 1. The third kappa shape index (κ3) is 3.11. The van der Waals surface area contributed by atoms with E-state index in [1.807, 2.05) is 13.0 Å². The van der Waals surface area contributed by atoms with Gasteiger partial charge in [0.25, 0.3) is 16.7 Å². The number of aromatic nitrogens is 4. The molecule has 0 aliphatic carbocycles. The predicted molar refractivity (Wildman–Crippen MR) is 96.3 cm³/mol. The van der Waals surface area contributed by atoms with Gasteiger partial charge in [0.15, 0.2) is 0 Å². The van der Waals surface area contributed by atoms with Gasteiger partial charge in [-0.05, 0) is 31.2 Å². The van der Waals surface area contributed by atoms with Gasteiger partial charge in [0.2, 0.25) is 0 Å². The summed E-state index contributed by atoms with van der Waals surface area (Å²) in [5.74, 6) is 0.184. The third-order valence-electron chi connectivity index (χ3n) is 3.80. The van der Waals surface area contributed by atoms with Crippen LogP contribution < -0.4 is 5.56 Å². The lowest BCUT2D eigenvalue weighted by atomic mass is 10.2. The van der Waals surface area contributed by atoms with Crippen molar-refractivity contribution in [2.45, 2.75) is 17.4 Å². The maximum atomic E-state index is 13.8. The molecule has 0 amide bonds. The van der Waals surface area contributed by atoms with Crippen molar-refractivity contribution < 1.29 is 8.81 Å². The molecule has 0 unspecified atom stereocenters. The third-order valence-corrected chi connectivity index (χ3v) is 4.75. The lowest BCUT2D eigenvalue weighted by molar-refractivity contribution is 0.462. The van der Waals surface area contributed by atoms with E-state index in [1.54, 1.807) is 36.4 Å². The second-order valence-electron chi connectivity index (χ2n) is 5.58. The molecule has 0 saturated heterocycles. The lowest BCUT2D eigenvalue weighted by Crippen LogP contribution is -2.12. The highest BCUT2D eigenvalue weighted by Gasteiger charge is 2.18. The maximum absolute atomic E-state index is 13.8. The summed E-state index contributed by atoms with van der Waals surface area (Å²) in [6.45, 7) is 1.87. The molecule has 0 bridgehead atoms. The molecule has 8 heteroatoms. The molecule has 2 heterocycles. The molecule has 1 atom stereocenters. The summed E-state index contributed by atoms with van der Waals surface area (Å²) in [6.07, 6.45) is 0. The Bertz CT molecular complexity index is 1140. The standard InChI is InChI=1S/C18H13FN4O2S/c1-10(15-20-14-9-5-3-7-12(14)16(24)21-15)26-18-23-22-17(25-18)11-6-2-4-8-13(11)19/h2-10H,1H3,(H,20,21,24)/t10-/m1/s1. The molecule has 4 rings (SSSR count). The van der Waals surface area contributed by atoms with Crippen LogP contribution in [0.4, 0.5) is 4.39 Å². The summed E-state index contributed by atoms with van der Waals surface area (Å²) in [4.78, 5) is 19.5. The fraction of sp³-hybridized carbons (Fsp3) is 0.111. The molecular weight excluding hydrogens is 355 g/mol. The number of halogens is 1. The van der Waals surface area contributed by atoms with Crippen LogP contribution in [0.3, 0.4) is 0 Å². The molecule has 4 aromatic rings. The minimum atomic E-state index is -0.429. The zero-order valence-electron chi connectivity index (χ0n) is 13.6. The average Bonchev–Trinajstić information content (AvgIpc) is 3.10. The molecule has 2 aromatic carbocycles. The summed E-state index contributed by atoms with van der Waals surface area (Å²) >= 11 is 1.24. The number of hydrogen-bond acceptors (Lipinski definition) is 6.